The van der Waals surface area contributed by atoms with Gasteiger partial charge in [-0.15, -0.1) is 0 Å². The molecular weight excluding hydrogens is 295 g/mol. The van der Waals surface area contributed by atoms with E-state index in [-0.39, 0.29) is 6.79 Å². The summed E-state index contributed by atoms with van der Waals surface area (Å²) in [6.45, 7) is 0.906. The lowest BCUT2D eigenvalue weighted by molar-refractivity contribution is -0.0815. The number of aromatic nitrogens is 1. The molecule has 1 fully saturated rings. The molecule has 1 aliphatic heterocycles. The molecule has 0 spiro atoms. The van der Waals surface area contributed by atoms with Gasteiger partial charge in [0.1, 0.15) is 24.9 Å². The fourth-order valence-corrected chi connectivity index (χ4v) is 2.78. The van der Waals surface area contributed by atoms with E-state index in [0.717, 1.165) is 17.9 Å². The summed E-state index contributed by atoms with van der Waals surface area (Å²) >= 11 is 0. The Hall–Kier alpha value is -1.98. The molecule has 1 aliphatic rings. The van der Waals surface area contributed by atoms with Crippen molar-refractivity contribution >= 4 is 5.82 Å². The molecule has 0 bridgehead atoms. The molecule has 2 aromatic rings. The van der Waals surface area contributed by atoms with Crippen LogP contribution in [0.3, 0.4) is 0 Å². The number of nitrogens with zero attached hydrogens (tertiary/aromatic N) is 2. The maximum Gasteiger partial charge on any atom is 0.146 e. The number of rotatable bonds is 6. The van der Waals surface area contributed by atoms with Crippen molar-refractivity contribution in [3.63, 3.8) is 0 Å². The molecule has 0 unspecified atom stereocenters. The van der Waals surface area contributed by atoms with Crippen LogP contribution >= 0.6 is 0 Å². The van der Waals surface area contributed by atoms with E-state index in [1.807, 2.05) is 41.3 Å². The van der Waals surface area contributed by atoms with Crippen molar-refractivity contribution in [2.24, 2.45) is 0 Å². The van der Waals surface area contributed by atoms with Gasteiger partial charge in [0, 0.05) is 25.8 Å². The molecule has 4 nitrogen and oxygen atoms in total. The standard InChI is InChI=1S/C18H21FN2O2/c1-22-13-23-17-12-21(11-16(17)19)18-9-5-8-15(20-18)10-14-6-3-2-4-7-14/h2-9,16-17H,10-13H2,1H3/t16-,17+/m0/s1. The molecule has 0 N–H and O–H groups in total. The van der Waals surface area contributed by atoms with Crippen LogP contribution in [0.25, 0.3) is 0 Å². The Labute approximate surface area is 135 Å². The minimum absolute atomic E-state index is 0.112. The van der Waals surface area contributed by atoms with Crippen LogP contribution in [0.4, 0.5) is 10.2 Å². The summed E-state index contributed by atoms with van der Waals surface area (Å²) < 4.78 is 24.3. The number of anilines is 1. The van der Waals surface area contributed by atoms with Crippen molar-refractivity contribution in [3.05, 3.63) is 59.8 Å². The lowest BCUT2D eigenvalue weighted by atomic mass is 10.1. The molecule has 3 rings (SSSR count). The molecule has 1 saturated heterocycles. The molecule has 1 aromatic heterocycles. The maximum absolute atomic E-state index is 14.0. The third-order valence-corrected chi connectivity index (χ3v) is 3.94. The number of alkyl halides is 1. The Kier molecular flexibility index (Phi) is 5.20. The molecule has 5 heteroatoms. The van der Waals surface area contributed by atoms with Gasteiger partial charge in [-0.25, -0.2) is 9.37 Å². The van der Waals surface area contributed by atoms with Crippen LogP contribution in [0.15, 0.2) is 48.5 Å². The van der Waals surface area contributed by atoms with E-state index in [1.54, 1.807) is 0 Å². The van der Waals surface area contributed by atoms with Crippen molar-refractivity contribution in [2.45, 2.75) is 18.7 Å². The number of ether oxygens (including phenoxy) is 2. The van der Waals surface area contributed by atoms with Gasteiger partial charge in [-0.1, -0.05) is 36.4 Å². The van der Waals surface area contributed by atoms with Gasteiger partial charge in [0.15, 0.2) is 0 Å². The zero-order valence-electron chi connectivity index (χ0n) is 13.2. The fourth-order valence-electron chi connectivity index (χ4n) is 2.78. The lowest BCUT2D eigenvalue weighted by Crippen LogP contribution is -2.25. The smallest absolute Gasteiger partial charge is 0.146 e. The first-order chi connectivity index (χ1) is 11.3. The molecule has 2 atom stereocenters. The normalized spacial score (nSPS) is 20.9. The first-order valence-corrected chi connectivity index (χ1v) is 7.75. The van der Waals surface area contributed by atoms with Crippen LogP contribution in [0.2, 0.25) is 0 Å². The average Bonchev–Trinajstić information content (AvgIpc) is 2.95. The molecule has 1 aromatic carbocycles. The van der Waals surface area contributed by atoms with Crippen molar-refractivity contribution in [2.75, 3.05) is 31.9 Å². The first kappa shape index (κ1) is 15.9. The highest BCUT2D eigenvalue weighted by Crippen LogP contribution is 2.23. The number of benzene rings is 1. The van der Waals surface area contributed by atoms with Gasteiger partial charge in [-0.05, 0) is 17.7 Å². The molecule has 122 valence electrons. The van der Waals surface area contributed by atoms with Gasteiger partial charge >= 0.3 is 0 Å². The summed E-state index contributed by atoms with van der Waals surface area (Å²) in [5.41, 5.74) is 2.19. The third kappa shape index (κ3) is 4.06. The minimum Gasteiger partial charge on any atom is -0.359 e. The van der Waals surface area contributed by atoms with Gasteiger partial charge in [-0.2, -0.15) is 0 Å². The maximum atomic E-state index is 14.0. The molecule has 0 amide bonds. The molecule has 23 heavy (non-hydrogen) atoms. The number of hydrogen-bond donors (Lipinski definition) is 0. The van der Waals surface area contributed by atoms with Gasteiger partial charge in [0.25, 0.3) is 0 Å². The zero-order valence-corrected chi connectivity index (χ0v) is 13.2. The number of hydrogen-bond acceptors (Lipinski definition) is 4. The summed E-state index contributed by atoms with van der Waals surface area (Å²) in [5, 5.41) is 0. The molecule has 0 aliphatic carbocycles. The molecule has 0 saturated carbocycles. The topological polar surface area (TPSA) is 34.6 Å². The SMILES string of the molecule is COCO[C@@H]1CN(c2cccc(Cc3ccccc3)n2)C[C@@H]1F. The summed E-state index contributed by atoms with van der Waals surface area (Å²) in [6.07, 6.45) is -0.718. The highest BCUT2D eigenvalue weighted by molar-refractivity contribution is 5.42. The van der Waals surface area contributed by atoms with Gasteiger partial charge in [0.2, 0.25) is 0 Å². The minimum atomic E-state index is -1.02. The molecular formula is C18H21FN2O2. The Bertz CT molecular complexity index is 623. The van der Waals surface area contributed by atoms with Gasteiger partial charge in [-0.3, -0.25) is 0 Å². The van der Waals surface area contributed by atoms with Crippen LogP contribution in [-0.4, -0.2) is 44.3 Å². The third-order valence-electron chi connectivity index (χ3n) is 3.94. The predicted molar refractivity (Wildman–Crippen MR) is 87.3 cm³/mol. The Morgan fingerprint density at radius 3 is 2.74 bits per heavy atom. The van der Waals surface area contributed by atoms with Gasteiger partial charge < -0.3 is 14.4 Å². The summed E-state index contributed by atoms with van der Waals surface area (Å²) in [4.78, 5) is 6.60. The second kappa shape index (κ2) is 7.53. The van der Waals surface area contributed by atoms with Crippen LogP contribution < -0.4 is 4.90 Å². The van der Waals surface area contributed by atoms with E-state index in [4.69, 9.17) is 9.47 Å². The Morgan fingerprint density at radius 2 is 1.96 bits per heavy atom. The average molecular weight is 316 g/mol. The Morgan fingerprint density at radius 1 is 1.13 bits per heavy atom. The van der Waals surface area contributed by atoms with Crippen LogP contribution in [0.1, 0.15) is 11.3 Å². The van der Waals surface area contributed by atoms with Crippen LogP contribution in [0.5, 0.6) is 0 Å². The van der Waals surface area contributed by atoms with Crippen molar-refractivity contribution < 1.29 is 13.9 Å². The van der Waals surface area contributed by atoms with E-state index in [9.17, 15) is 4.39 Å². The van der Waals surface area contributed by atoms with Crippen molar-refractivity contribution in [3.8, 4) is 0 Å². The predicted octanol–water partition coefficient (Wildman–Crippen LogP) is 2.82. The van der Waals surface area contributed by atoms with Crippen LogP contribution in [0, 0.1) is 0 Å². The Balaban J connectivity index is 1.68. The highest BCUT2D eigenvalue weighted by Gasteiger charge is 2.34. The van der Waals surface area contributed by atoms with E-state index < -0.39 is 12.3 Å². The largest absolute Gasteiger partial charge is 0.359 e. The number of halogens is 1. The lowest BCUT2D eigenvalue weighted by Gasteiger charge is -2.17. The quantitative estimate of drug-likeness (QED) is 0.768. The summed E-state index contributed by atoms with van der Waals surface area (Å²) in [6, 6.07) is 16.1. The van der Waals surface area contributed by atoms with E-state index in [0.29, 0.717) is 13.1 Å². The van der Waals surface area contributed by atoms with E-state index >= 15 is 0 Å². The second-order valence-electron chi connectivity index (χ2n) is 5.68. The molecule has 0 radical (unpaired) electrons. The van der Waals surface area contributed by atoms with Gasteiger partial charge in [0.05, 0.1) is 6.54 Å². The zero-order chi connectivity index (χ0) is 16.1. The second-order valence-corrected chi connectivity index (χ2v) is 5.68. The highest BCUT2D eigenvalue weighted by atomic mass is 19.1. The van der Waals surface area contributed by atoms with Crippen molar-refractivity contribution in [1.29, 1.82) is 0 Å². The fraction of sp³-hybridized carbons (Fsp3) is 0.389. The first-order valence-electron chi connectivity index (χ1n) is 7.75. The number of pyridine rings is 1. The summed E-state index contributed by atoms with van der Waals surface area (Å²) in [7, 11) is 1.54. The van der Waals surface area contributed by atoms with E-state index in [1.165, 1.54) is 12.7 Å². The van der Waals surface area contributed by atoms with Crippen molar-refractivity contribution in [1.82, 2.24) is 4.98 Å². The van der Waals surface area contributed by atoms with Crippen LogP contribution in [-0.2, 0) is 15.9 Å². The number of methoxy groups -OCH3 is 1. The van der Waals surface area contributed by atoms with E-state index in [2.05, 4.69) is 17.1 Å². The molecule has 2 heterocycles. The monoisotopic (exact) mass is 316 g/mol. The summed E-state index contributed by atoms with van der Waals surface area (Å²) in [5.74, 6) is 0.796.